The number of anilines is 1. The van der Waals surface area contributed by atoms with Gasteiger partial charge in [0.25, 0.3) is 0 Å². The van der Waals surface area contributed by atoms with Crippen molar-refractivity contribution in [3.63, 3.8) is 0 Å². The number of carbonyl (C=O) groups excluding carboxylic acids is 2. The lowest BCUT2D eigenvalue weighted by molar-refractivity contribution is -0.146. The summed E-state index contributed by atoms with van der Waals surface area (Å²) < 4.78 is 33.2. The molecule has 1 saturated heterocycles. The van der Waals surface area contributed by atoms with Crippen LogP contribution in [0.25, 0.3) is 5.69 Å². The Kier molecular flexibility index (Phi) is 5.57. The molecule has 2 aromatic rings. The Morgan fingerprint density at radius 2 is 1.86 bits per heavy atom. The number of nitrogens with one attached hydrogen (secondary N) is 1. The quantitative estimate of drug-likeness (QED) is 0.850. The van der Waals surface area contributed by atoms with Gasteiger partial charge >= 0.3 is 0 Å². The van der Waals surface area contributed by atoms with Crippen molar-refractivity contribution in [3.8, 4) is 5.69 Å². The molecule has 1 aliphatic carbocycles. The zero-order valence-electron chi connectivity index (χ0n) is 15.8. The molecule has 2 amide bonds. The molecule has 1 aromatic carbocycles. The van der Waals surface area contributed by atoms with Crippen LogP contribution >= 0.6 is 0 Å². The van der Waals surface area contributed by atoms with Crippen LogP contribution < -0.4 is 5.32 Å². The summed E-state index contributed by atoms with van der Waals surface area (Å²) in [4.78, 5) is 26.4. The van der Waals surface area contributed by atoms with Crippen LogP contribution in [0.3, 0.4) is 0 Å². The Morgan fingerprint density at radius 3 is 2.55 bits per heavy atom. The molecule has 0 bridgehead atoms. The summed E-state index contributed by atoms with van der Waals surface area (Å²) >= 11 is 0. The molecular formula is C20H22F2N4O3. The number of amides is 2. The van der Waals surface area contributed by atoms with Gasteiger partial charge in [-0.05, 0) is 37.8 Å². The molecule has 29 heavy (non-hydrogen) atoms. The fourth-order valence-corrected chi connectivity index (χ4v) is 4.00. The zero-order chi connectivity index (χ0) is 20.4. The number of nitrogens with zero attached hydrogens (tertiary/aromatic N) is 3. The lowest BCUT2D eigenvalue weighted by atomic mass is 9.84. The zero-order valence-corrected chi connectivity index (χ0v) is 15.8. The molecule has 1 N–H and O–H groups in total. The summed E-state index contributed by atoms with van der Waals surface area (Å²) in [7, 11) is 0. The molecule has 7 nitrogen and oxygen atoms in total. The van der Waals surface area contributed by atoms with E-state index < -0.39 is 11.6 Å². The van der Waals surface area contributed by atoms with E-state index in [-0.39, 0.29) is 36.1 Å². The lowest BCUT2D eigenvalue weighted by Crippen LogP contribution is -2.49. The molecule has 1 aromatic heterocycles. The molecule has 0 spiro atoms. The second-order valence-corrected chi connectivity index (χ2v) is 7.41. The molecule has 0 radical (unpaired) electrons. The van der Waals surface area contributed by atoms with Crippen LogP contribution in [-0.2, 0) is 14.3 Å². The first-order valence-corrected chi connectivity index (χ1v) is 9.70. The van der Waals surface area contributed by atoms with Crippen LogP contribution in [0.2, 0.25) is 0 Å². The molecule has 1 aliphatic heterocycles. The number of halogens is 2. The highest BCUT2D eigenvalue weighted by Crippen LogP contribution is 2.29. The van der Waals surface area contributed by atoms with E-state index in [1.165, 1.54) is 10.9 Å². The van der Waals surface area contributed by atoms with Gasteiger partial charge in [-0.3, -0.25) is 9.59 Å². The number of benzene rings is 1. The molecule has 2 heterocycles. The van der Waals surface area contributed by atoms with Gasteiger partial charge < -0.3 is 15.0 Å². The topological polar surface area (TPSA) is 76.5 Å². The standard InChI is InChI=1S/C20H22F2N4O3/c21-14-9-15(22)11-17(10-14)26-6-5-18(24-26)23-20(28)13-1-3-16(4-2-13)25-7-8-29-12-19(25)27/h5-6,9-11,13,16H,1-4,7-8,12H2,(H,23,24,28)/t13-,16-. The Bertz CT molecular complexity index is 889. The first-order chi connectivity index (χ1) is 14.0. The number of rotatable bonds is 4. The van der Waals surface area contributed by atoms with Crippen molar-refractivity contribution in [2.45, 2.75) is 31.7 Å². The van der Waals surface area contributed by atoms with E-state index in [0.29, 0.717) is 31.8 Å². The lowest BCUT2D eigenvalue weighted by Gasteiger charge is -2.38. The Labute approximate surface area is 166 Å². The van der Waals surface area contributed by atoms with Crippen LogP contribution in [0.1, 0.15) is 25.7 Å². The molecule has 2 fully saturated rings. The van der Waals surface area contributed by atoms with Gasteiger partial charge in [-0.25, -0.2) is 13.5 Å². The number of hydrogen-bond donors (Lipinski definition) is 1. The predicted molar refractivity (Wildman–Crippen MR) is 100 cm³/mol. The summed E-state index contributed by atoms with van der Waals surface area (Å²) in [6, 6.07) is 4.86. The van der Waals surface area contributed by atoms with Crippen molar-refractivity contribution >= 4 is 17.6 Å². The van der Waals surface area contributed by atoms with E-state index in [2.05, 4.69) is 10.4 Å². The van der Waals surface area contributed by atoms with Crippen LogP contribution in [0.5, 0.6) is 0 Å². The monoisotopic (exact) mass is 404 g/mol. The van der Waals surface area contributed by atoms with Crippen molar-refractivity contribution in [1.29, 1.82) is 0 Å². The summed E-state index contributed by atoms with van der Waals surface area (Å²) in [6.07, 6.45) is 4.47. The van der Waals surface area contributed by atoms with Crippen molar-refractivity contribution in [2.75, 3.05) is 25.1 Å². The minimum atomic E-state index is -0.698. The molecule has 1 saturated carbocycles. The van der Waals surface area contributed by atoms with Crippen molar-refractivity contribution in [3.05, 3.63) is 42.1 Å². The molecule has 9 heteroatoms. The Balaban J connectivity index is 1.33. The van der Waals surface area contributed by atoms with Crippen LogP contribution in [0.4, 0.5) is 14.6 Å². The SMILES string of the molecule is O=C1COCCN1[C@H]1CC[C@H](C(=O)Nc2ccn(-c3cc(F)cc(F)c3)n2)CC1. The van der Waals surface area contributed by atoms with E-state index in [9.17, 15) is 18.4 Å². The van der Waals surface area contributed by atoms with Crippen molar-refractivity contribution < 1.29 is 23.1 Å². The fourth-order valence-electron chi connectivity index (χ4n) is 4.00. The van der Waals surface area contributed by atoms with Gasteiger partial charge in [0, 0.05) is 36.8 Å². The van der Waals surface area contributed by atoms with Crippen LogP contribution in [0, 0.1) is 17.6 Å². The van der Waals surface area contributed by atoms with Gasteiger partial charge in [0.2, 0.25) is 11.8 Å². The van der Waals surface area contributed by atoms with Crippen LogP contribution in [0.15, 0.2) is 30.5 Å². The van der Waals surface area contributed by atoms with E-state index >= 15 is 0 Å². The fraction of sp³-hybridized carbons (Fsp3) is 0.450. The minimum absolute atomic E-state index is 0.0171. The van der Waals surface area contributed by atoms with Crippen molar-refractivity contribution in [1.82, 2.24) is 14.7 Å². The average Bonchev–Trinajstić information content (AvgIpc) is 3.16. The number of ether oxygens (including phenoxy) is 1. The number of carbonyl (C=O) groups is 2. The van der Waals surface area contributed by atoms with Crippen LogP contribution in [-0.4, -0.2) is 52.3 Å². The average molecular weight is 404 g/mol. The molecule has 0 unspecified atom stereocenters. The van der Waals surface area contributed by atoms with Crippen molar-refractivity contribution in [2.24, 2.45) is 5.92 Å². The normalized spacial score (nSPS) is 22.6. The third kappa shape index (κ3) is 4.45. The van der Waals surface area contributed by atoms with Gasteiger partial charge in [0.1, 0.15) is 18.2 Å². The summed E-state index contributed by atoms with van der Waals surface area (Å²) in [6.45, 7) is 1.31. The van der Waals surface area contributed by atoms with E-state index in [1.54, 1.807) is 6.07 Å². The third-order valence-corrected chi connectivity index (χ3v) is 5.48. The largest absolute Gasteiger partial charge is 0.370 e. The highest BCUT2D eigenvalue weighted by molar-refractivity contribution is 5.91. The van der Waals surface area contributed by atoms with E-state index in [4.69, 9.17) is 4.74 Å². The van der Waals surface area contributed by atoms with E-state index in [0.717, 1.165) is 31.0 Å². The first kappa shape index (κ1) is 19.5. The minimum Gasteiger partial charge on any atom is -0.370 e. The van der Waals surface area contributed by atoms with Gasteiger partial charge in [-0.2, -0.15) is 5.10 Å². The summed E-state index contributed by atoms with van der Waals surface area (Å²) in [5.41, 5.74) is 0.235. The Morgan fingerprint density at radius 1 is 1.14 bits per heavy atom. The maximum absolute atomic E-state index is 13.4. The highest BCUT2D eigenvalue weighted by Gasteiger charge is 2.32. The maximum atomic E-state index is 13.4. The molecule has 154 valence electrons. The number of hydrogen-bond acceptors (Lipinski definition) is 4. The maximum Gasteiger partial charge on any atom is 0.248 e. The summed E-state index contributed by atoms with van der Waals surface area (Å²) in [5, 5.41) is 6.96. The second kappa shape index (κ2) is 8.28. The van der Waals surface area contributed by atoms with Gasteiger partial charge in [-0.15, -0.1) is 0 Å². The summed E-state index contributed by atoms with van der Waals surface area (Å²) in [5.74, 6) is -1.34. The predicted octanol–water partition coefficient (Wildman–Crippen LogP) is 2.51. The second-order valence-electron chi connectivity index (χ2n) is 7.41. The Hall–Kier alpha value is -2.81. The van der Waals surface area contributed by atoms with Gasteiger partial charge in [0.15, 0.2) is 5.82 Å². The third-order valence-electron chi connectivity index (χ3n) is 5.48. The number of aromatic nitrogens is 2. The van der Waals surface area contributed by atoms with Gasteiger partial charge in [-0.1, -0.05) is 0 Å². The van der Waals surface area contributed by atoms with E-state index in [1.807, 2.05) is 4.90 Å². The highest BCUT2D eigenvalue weighted by atomic mass is 19.1. The first-order valence-electron chi connectivity index (χ1n) is 9.70. The molecular weight excluding hydrogens is 382 g/mol. The molecule has 2 aliphatic rings. The van der Waals surface area contributed by atoms with Gasteiger partial charge in [0.05, 0.1) is 12.3 Å². The molecule has 4 rings (SSSR count). The smallest absolute Gasteiger partial charge is 0.248 e. The number of morpholine rings is 1. The molecule has 0 atom stereocenters.